The minimum atomic E-state index is -4.64. The van der Waals surface area contributed by atoms with Crippen molar-refractivity contribution in [3.63, 3.8) is 0 Å². The highest BCUT2D eigenvalue weighted by Gasteiger charge is 2.00. The summed E-state index contributed by atoms with van der Waals surface area (Å²) in [6.07, 6.45) is 0. The molecule has 0 rings (SSSR count). The van der Waals surface area contributed by atoms with Crippen molar-refractivity contribution in [1.82, 2.24) is 0 Å². The van der Waals surface area contributed by atoms with Gasteiger partial charge in [-0.1, -0.05) is 0 Å². The molecule has 0 radical (unpaired) electrons. The molecule has 7 heteroatoms. The Labute approximate surface area is 50.7 Å². The van der Waals surface area contributed by atoms with Gasteiger partial charge in [0.1, 0.15) is 0 Å². The highest BCUT2D eigenvalue weighted by atomic mass is 31.2. The van der Waals surface area contributed by atoms with Crippen LogP contribution < -0.4 is 0 Å². The lowest BCUT2D eigenvalue weighted by molar-refractivity contribution is 0.275. The summed E-state index contributed by atoms with van der Waals surface area (Å²) in [7, 11) is -4.64. The van der Waals surface area contributed by atoms with E-state index in [1.54, 1.807) is 0 Å². The zero-order valence-electron chi connectivity index (χ0n) is 2.70. The lowest BCUT2D eigenvalue weighted by Gasteiger charge is -1.82. The van der Waals surface area contributed by atoms with Gasteiger partial charge in [0.15, 0.2) is 17.4 Å². The molecule has 0 aromatic rings. The molecular weight excluding hydrogens is 138 g/mol. The summed E-state index contributed by atoms with van der Waals surface area (Å²) in [4.78, 5) is 21.6. The quantitative estimate of drug-likeness (QED) is 0.251. The second-order valence-corrected chi connectivity index (χ2v) is 1.54. The number of rotatable bonds is 0. The van der Waals surface area contributed by atoms with Crippen LogP contribution in [0.2, 0.25) is 0 Å². The average Bonchev–Trinajstić information content (AvgIpc) is 0.722. The summed E-state index contributed by atoms with van der Waals surface area (Å²) in [5.41, 5.74) is 0. The minimum absolute atomic E-state index is 0. The summed E-state index contributed by atoms with van der Waals surface area (Å²) < 4.78 is 8.88. The van der Waals surface area contributed by atoms with Gasteiger partial charge in [-0.15, -0.1) is 0 Å². The van der Waals surface area contributed by atoms with Gasteiger partial charge in [0.25, 0.3) is 0 Å². The van der Waals surface area contributed by atoms with Crippen LogP contribution in [0.5, 0.6) is 0 Å². The summed E-state index contributed by atoms with van der Waals surface area (Å²) in [6, 6.07) is 0. The fraction of sp³-hybridized carbons (Fsp3) is 0. The van der Waals surface area contributed by atoms with E-state index in [-0.39, 0.29) is 22.8 Å². The Morgan fingerprint density at radius 1 is 1.14 bits per heavy atom. The van der Waals surface area contributed by atoms with Crippen LogP contribution in [0, 0.1) is 0 Å². The van der Waals surface area contributed by atoms with Gasteiger partial charge < -0.3 is 20.2 Å². The zero-order chi connectivity index (χ0) is 4.50. The smallest absolute Gasteiger partial charge is 0.412 e. The van der Waals surface area contributed by atoms with Crippen molar-refractivity contribution in [2.45, 2.75) is 0 Å². The van der Waals surface area contributed by atoms with E-state index < -0.39 is 7.82 Å². The Kier molecular flexibility index (Phi) is 10.6. The average molecular weight is 146 g/mol. The standard InChI is InChI=1S/Al.H3O4P.H2O.3H/c;1-5(2,3)4;;;;/h;(H3,1,2,3,4);1H2;;;. The Morgan fingerprint density at radius 2 is 1.14 bits per heavy atom. The first-order valence-electron chi connectivity index (χ1n) is 0.783. The molecule has 0 amide bonds. The third-order valence-corrected chi connectivity index (χ3v) is 0. The van der Waals surface area contributed by atoms with Gasteiger partial charge in [0, 0.05) is 0 Å². The summed E-state index contributed by atoms with van der Waals surface area (Å²) in [5.74, 6) is 0. The molecule has 0 unspecified atom stereocenters. The van der Waals surface area contributed by atoms with E-state index in [1.807, 2.05) is 0 Å². The fourth-order valence-corrected chi connectivity index (χ4v) is 0. The largest absolute Gasteiger partial charge is 0.466 e. The first kappa shape index (κ1) is 15.6. The Morgan fingerprint density at radius 3 is 1.14 bits per heavy atom. The molecule has 0 saturated heterocycles. The van der Waals surface area contributed by atoms with Gasteiger partial charge in [-0.25, -0.2) is 4.57 Å². The molecule has 5 N–H and O–H groups in total. The first-order valence-corrected chi connectivity index (χ1v) is 2.35. The molecular formula is H8AlO5P. The van der Waals surface area contributed by atoms with Crippen molar-refractivity contribution in [3.8, 4) is 0 Å². The molecule has 46 valence electrons. The molecule has 0 aliphatic rings. The second kappa shape index (κ2) is 4.75. The molecule has 5 nitrogen and oxygen atoms in total. The van der Waals surface area contributed by atoms with Gasteiger partial charge in [0.05, 0.1) is 0 Å². The van der Waals surface area contributed by atoms with E-state index >= 15 is 0 Å². The van der Waals surface area contributed by atoms with E-state index in [9.17, 15) is 0 Å². The van der Waals surface area contributed by atoms with Crippen LogP contribution in [0.4, 0.5) is 0 Å². The summed E-state index contributed by atoms with van der Waals surface area (Å²) in [5, 5.41) is 0. The van der Waals surface area contributed by atoms with Gasteiger partial charge >= 0.3 is 7.82 Å². The van der Waals surface area contributed by atoms with Crippen molar-refractivity contribution in [2.24, 2.45) is 0 Å². The summed E-state index contributed by atoms with van der Waals surface area (Å²) >= 11 is 0. The van der Waals surface area contributed by atoms with Crippen LogP contribution in [-0.2, 0) is 4.57 Å². The lowest BCUT2D eigenvalue weighted by Crippen LogP contribution is -1.66. The maximum atomic E-state index is 8.88. The van der Waals surface area contributed by atoms with Crippen molar-refractivity contribution >= 4 is 25.2 Å². The predicted molar refractivity (Wildman–Crippen MR) is 27.8 cm³/mol. The normalized spacial score (nSPS) is 8.43. The molecule has 0 saturated carbocycles. The van der Waals surface area contributed by atoms with Gasteiger partial charge in [0.2, 0.25) is 0 Å². The van der Waals surface area contributed by atoms with E-state index in [0.717, 1.165) is 0 Å². The second-order valence-electron chi connectivity index (χ2n) is 0.513. The van der Waals surface area contributed by atoms with Crippen LogP contribution in [0.3, 0.4) is 0 Å². The Hall–Kier alpha value is 0.602. The number of phosphoric acid groups is 1. The monoisotopic (exact) mass is 146 g/mol. The first-order chi connectivity index (χ1) is 2.00. The molecule has 0 aromatic carbocycles. The molecule has 0 spiro atoms. The number of hydrogen-bond acceptors (Lipinski definition) is 1. The fourth-order valence-electron chi connectivity index (χ4n) is 0. The van der Waals surface area contributed by atoms with Crippen molar-refractivity contribution < 1.29 is 24.7 Å². The maximum absolute atomic E-state index is 8.88. The molecule has 0 atom stereocenters. The van der Waals surface area contributed by atoms with Crippen LogP contribution in [0.15, 0.2) is 0 Å². The Balaban J connectivity index is -0.0000000800. The predicted octanol–water partition coefficient (Wildman–Crippen LogP) is -2.94. The van der Waals surface area contributed by atoms with Crippen molar-refractivity contribution in [3.05, 3.63) is 0 Å². The maximum Gasteiger partial charge on any atom is 0.466 e. The van der Waals surface area contributed by atoms with Crippen LogP contribution in [-0.4, -0.2) is 37.5 Å². The van der Waals surface area contributed by atoms with Gasteiger partial charge in [-0.05, 0) is 0 Å². The molecule has 0 heterocycles. The molecule has 0 bridgehead atoms. The van der Waals surface area contributed by atoms with Crippen LogP contribution in [0.1, 0.15) is 0 Å². The van der Waals surface area contributed by atoms with E-state index in [2.05, 4.69) is 0 Å². The highest BCUT2D eigenvalue weighted by Crippen LogP contribution is 2.25. The Bertz CT molecular complexity index is 54.2. The van der Waals surface area contributed by atoms with Crippen LogP contribution in [0.25, 0.3) is 0 Å². The van der Waals surface area contributed by atoms with Crippen molar-refractivity contribution in [2.75, 3.05) is 0 Å². The zero-order valence-corrected chi connectivity index (χ0v) is 3.59. The molecule has 0 aliphatic carbocycles. The minimum Gasteiger partial charge on any atom is -0.412 e. The van der Waals surface area contributed by atoms with Gasteiger partial charge in [-0.2, -0.15) is 0 Å². The molecule has 0 aromatic heterocycles. The third-order valence-electron chi connectivity index (χ3n) is 0. The van der Waals surface area contributed by atoms with Crippen molar-refractivity contribution in [1.29, 1.82) is 0 Å². The highest BCUT2D eigenvalue weighted by molar-refractivity contribution is 7.45. The molecule has 0 aliphatic heterocycles. The van der Waals surface area contributed by atoms with E-state index in [0.29, 0.717) is 0 Å². The van der Waals surface area contributed by atoms with E-state index in [4.69, 9.17) is 19.2 Å². The van der Waals surface area contributed by atoms with E-state index in [1.165, 1.54) is 0 Å². The summed E-state index contributed by atoms with van der Waals surface area (Å²) in [6.45, 7) is 0. The SMILES string of the molecule is O.O=P(O)(O)O.[AlH3]. The van der Waals surface area contributed by atoms with Crippen LogP contribution >= 0.6 is 7.82 Å². The lowest BCUT2D eigenvalue weighted by atomic mass is 15.8. The third kappa shape index (κ3) is 385. The topological polar surface area (TPSA) is 109 Å². The number of hydrogen-bond donors (Lipinski definition) is 3. The molecule has 0 fully saturated rings. The molecule has 7 heavy (non-hydrogen) atoms. The van der Waals surface area contributed by atoms with Gasteiger partial charge in [-0.3, -0.25) is 0 Å².